The van der Waals surface area contributed by atoms with Gasteiger partial charge >= 0.3 is 0 Å². The summed E-state index contributed by atoms with van der Waals surface area (Å²) < 4.78 is 24.4. The van der Waals surface area contributed by atoms with E-state index in [1.54, 1.807) is 4.57 Å². The Morgan fingerprint density at radius 3 is 2.33 bits per heavy atom. The first kappa shape index (κ1) is 12.7. The van der Waals surface area contributed by atoms with E-state index in [2.05, 4.69) is 10.2 Å². The minimum absolute atomic E-state index is 0.158. The van der Waals surface area contributed by atoms with Crippen LogP contribution in [0.2, 0.25) is 0 Å². The molecule has 0 spiro atoms. The lowest BCUT2D eigenvalue weighted by atomic mass is 10.3. The molecule has 2 aromatic rings. The van der Waals surface area contributed by atoms with E-state index in [1.165, 1.54) is 6.26 Å². The maximum absolute atomic E-state index is 11.4. The molecule has 0 bridgehead atoms. The average molecular weight is 266 g/mol. The van der Waals surface area contributed by atoms with E-state index in [-0.39, 0.29) is 12.3 Å². The van der Waals surface area contributed by atoms with Crippen LogP contribution in [0.15, 0.2) is 30.3 Å². The summed E-state index contributed by atoms with van der Waals surface area (Å²) in [5.41, 5.74) is 6.40. The fourth-order valence-electron chi connectivity index (χ4n) is 1.69. The normalized spacial score (nSPS) is 11.7. The predicted molar refractivity (Wildman–Crippen MR) is 67.8 cm³/mol. The highest BCUT2D eigenvalue weighted by Gasteiger charge is 2.16. The molecule has 7 heteroatoms. The molecule has 18 heavy (non-hydrogen) atoms. The zero-order chi connectivity index (χ0) is 13.2. The van der Waals surface area contributed by atoms with Crippen LogP contribution in [0, 0.1) is 0 Å². The van der Waals surface area contributed by atoms with Gasteiger partial charge < -0.3 is 5.73 Å². The molecule has 6 nitrogen and oxygen atoms in total. The molecule has 1 aromatic carbocycles. The standard InChI is InChI=1S/C11H14N4O2S/c1-18(16,17)8-11-14-13-10(7-12)15(11)9-5-3-2-4-6-9/h2-6H,7-8,12H2,1H3. The van der Waals surface area contributed by atoms with E-state index >= 15 is 0 Å². The molecular weight excluding hydrogens is 252 g/mol. The number of nitrogens with zero attached hydrogens (tertiary/aromatic N) is 3. The maximum atomic E-state index is 11.4. The van der Waals surface area contributed by atoms with Gasteiger partial charge in [0.25, 0.3) is 0 Å². The number of rotatable bonds is 4. The van der Waals surface area contributed by atoms with Crippen molar-refractivity contribution in [1.82, 2.24) is 14.8 Å². The van der Waals surface area contributed by atoms with E-state index in [9.17, 15) is 8.42 Å². The topological polar surface area (TPSA) is 90.9 Å². The SMILES string of the molecule is CS(=O)(=O)Cc1nnc(CN)n1-c1ccccc1. The Labute approximate surface area is 105 Å². The molecule has 0 atom stereocenters. The van der Waals surface area contributed by atoms with Crippen molar-refractivity contribution < 1.29 is 8.42 Å². The van der Waals surface area contributed by atoms with E-state index in [0.717, 1.165) is 5.69 Å². The Balaban J connectivity index is 2.53. The van der Waals surface area contributed by atoms with Crippen molar-refractivity contribution in [2.45, 2.75) is 12.3 Å². The summed E-state index contributed by atoms with van der Waals surface area (Å²) in [5, 5.41) is 7.82. The van der Waals surface area contributed by atoms with Crippen LogP contribution in [0.3, 0.4) is 0 Å². The van der Waals surface area contributed by atoms with Crippen molar-refractivity contribution in [3.8, 4) is 5.69 Å². The quantitative estimate of drug-likeness (QED) is 0.857. The molecule has 0 radical (unpaired) electrons. The first-order valence-corrected chi connectivity index (χ1v) is 7.43. The molecule has 0 aliphatic heterocycles. The van der Waals surface area contributed by atoms with Crippen LogP contribution in [0.4, 0.5) is 0 Å². The lowest BCUT2D eigenvalue weighted by Gasteiger charge is -2.08. The fraction of sp³-hybridized carbons (Fsp3) is 0.273. The molecule has 0 unspecified atom stereocenters. The molecule has 0 aliphatic carbocycles. The summed E-state index contributed by atoms with van der Waals surface area (Å²) in [5.74, 6) is 0.763. The van der Waals surface area contributed by atoms with Gasteiger partial charge in [0.15, 0.2) is 21.5 Å². The Kier molecular flexibility index (Phi) is 3.44. The van der Waals surface area contributed by atoms with E-state index in [0.29, 0.717) is 11.6 Å². The molecule has 0 aliphatic rings. The van der Waals surface area contributed by atoms with Crippen molar-refractivity contribution in [1.29, 1.82) is 0 Å². The van der Waals surface area contributed by atoms with Crippen LogP contribution in [0.1, 0.15) is 11.6 Å². The van der Waals surface area contributed by atoms with Crippen LogP contribution >= 0.6 is 0 Å². The Bertz CT molecular complexity index is 634. The average Bonchev–Trinajstić information content (AvgIpc) is 2.70. The number of para-hydroxylation sites is 1. The summed E-state index contributed by atoms with van der Waals surface area (Å²) in [6, 6.07) is 9.31. The van der Waals surface area contributed by atoms with Gasteiger partial charge in [0.05, 0.1) is 6.54 Å². The van der Waals surface area contributed by atoms with Gasteiger partial charge in [-0.05, 0) is 12.1 Å². The molecule has 1 aromatic heterocycles. The smallest absolute Gasteiger partial charge is 0.154 e. The number of sulfone groups is 1. The second-order valence-electron chi connectivity index (χ2n) is 3.98. The van der Waals surface area contributed by atoms with Gasteiger partial charge in [-0.2, -0.15) is 0 Å². The van der Waals surface area contributed by atoms with E-state index < -0.39 is 9.84 Å². The van der Waals surface area contributed by atoms with Crippen molar-refractivity contribution in [2.75, 3.05) is 6.26 Å². The van der Waals surface area contributed by atoms with Crippen LogP contribution < -0.4 is 5.73 Å². The second kappa shape index (κ2) is 4.87. The Morgan fingerprint density at radius 1 is 1.17 bits per heavy atom. The third kappa shape index (κ3) is 2.74. The highest BCUT2D eigenvalue weighted by molar-refractivity contribution is 7.89. The minimum atomic E-state index is -3.17. The molecule has 0 saturated heterocycles. The van der Waals surface area contributed by atoms with Gasteiger partial charge in [0.1, 0.15) is 5.75 Å². The largest absolute Gasteiger partial charge is 0.324 e. The number of aromatic nitrogens is 3. The first-order valence-electron chi connectivity index (χ1n) is 5.37. The number of nitrogens with two attached hydrogens (primary N) is 1. The molecule has 2 rings (SSSR count). The molecule has 1 heterocycles. The number of benzene rings is 1. The molecule has 96 valence electrons. The van der Waals surface area contributed by atoms with Crippen molar-refractivity contribution in [3.63, 3.8) is 0 Å². The molecule has 0 fully saturated rings. The van der Waals surface area contributed by atoms with Gasteiger partial charge in [0, 0.05) is 11.9 Å². The van der Waals surface area contributed by atoms with Crippen LogP contribution in [-0.4, -0.2) is 29.4 Å². The van der Waals surface area contributed by atoms with Crippen molar-refractivity contribution in [2.24, 2.45) is 5.73 Å². The van der Waals surface area contributed by atoms with Gasteiger partial charge in [-0.1, -0.05) is 18.2 Å². The first-order chi connectivity index (χ1) is 8.51. The van der Waals surface area contributed by atoms with Gasteiger partial charge in [0.2, 0.25) is 0 Å². The predicted octanol–water partition coefficient (Wildman–Crippen LogP) is 0.271. The molecule has 0 amide bonds. The zero-order valence-corrected chi connectivity index (χ0v) is 10.8. The van der Waals surface area contributed by atoms with Gasteiger partial charge in [-0.15, -0.1) is 10.2 Å². The Morgan fingerprint density at radius 2 is 1.78 bits per heavy atom. The zero-order valence-electron chi connectivity index (χ0n) is 9.94. The number of hydrogen-bond acceptors (Lipinski definition) is 5. The summed E-state index contributed by atoms with van der Waals surface area (Å²) in [7, 11) is -3.17. The van der Waals surface area contributed by atoms with Crippen LogP contribution in [0.5, 0.6) is 0 Å². The third-order valence-electron chi connectivity index (χ3n) is 2.39. The fourth-order valence-corrected chi connectivity index (χ4v) is 2.34. The summed E-state index contributed by atoms with van der Waals surface area (Å²) >= 11 is 0. The van der Waals surface area contributed by atoms with Crippen LogP contribution in [-0.2, 0) is 22.1 Å². The summed E-state index contributed by atoms with van der Waals surface area (Å²) in [4.78, 5) is 0. The van der Waals surface area contributed by atoms with E-state index in [4.69, 9.17) is 5.73 Å². The number of hydrogen-bond donors (Lipinski definition) is 1. The maximum Gasteiger partial charge on any atom is 0.154 e. The minimum Gasteiger partial charge on any atom is -0.324 e. The van der Waals surface area contributed by atoms with Crippen molar-refractivity contribution >= 4 is 9.84 Å². The second-order valence-corrected chi connectivity index (χ2v) is 6.12. The van der Waals surface area contributed by atoms with Crippen molar-refractivity contribution in [3.05, 3.63) is 42.0 Å². The van der Waals surface area contributed by atoms with E-state index in [1.807, 2.05) is 30.3 Å². The molecule has 2 N–H and O–H groups in total. The highest BCUT2D eigenvalue weighted by atomic mass is 32.2. The van der Waals surface area contributed by atoms with Gasteiger partial charge in [-0.25, -0.2) is 8.42 Å². The highest BCUT2D eigenvalue weighted by Crippen LogP contribution is 2.14. The Hall–Kier alpha value is -1.73. The monoisotopic (exact) mass is 266 g/mol. The molecular formula is C11H14N4O2S. The summed E-state index contributed by atoms with van der Waals surface area (Å²) in [6.45, 7) is 0.200. The summed E-state index contributed by atoms with van der Waals surface area (Å²) in [6.07, 6.45) is 1.17. The lowest BCUT2D eigenvalue weighted by Crippen LogP contribution is -2.12. The van der Waals surface area contributed by atoms with Crippen LogP contribution in [0.25, 0.3) is 5.69 Å². The van der Waals surface area contributed by atoms with Gasteiger partial charge in [-0.3, -0.25) is 4.57 Å². The third-order valence-corrected chi connectivity index (χ3v) is 3.17. The molecule has 0 saturated carbocycles. The lowest BCUT2D eigenvalue weighted by molar-refractivity contribution is 0.599.